The second kappa shape index (κ2) is 8.39. The van der Waals surface area contributed by atoms with Gasteiger partial charge in [0.15, 0.2) is 0 Å². The van der Waals surface area contributed by atoms with Crippen molar-refractivity contribution in [2.45, 2.75) is 33.1 Å². The van der Waals surface area contributed by atoms with Gasteiger partial charge in [-0.1, -0.05) is 37.7 Å². The summed E-state index contributed by atoms with van der Waals surface area (Å²) in [6.07, 6.45) is 3.31. The smallest absolute Gasteiger partial charge is 0.253 e. The van der Waals surface area contributed by atoms with Crippen molar-refractivity contribution >= 4 is 5.91 Å². The number of aliphatic hydroxyl groups excluding tert-OH is 1. The van der Waals surface area contributed by atoms with Crippen LogP contribution in [0.2, 0.25) is 0 Å². The molecule has 0 aliphatic heterocycles. The van der Waals surface area contributed by atoms with Crippen molar-refractivity contribution in [1.82, 2.24) is 4.90 Å². The molecule has 1 amide bonds. The third kappa shape index (κ3) is 4.40. The molecule has 0 bridgehead atoms. The topological polar surface area (TPSA) is 40.5 Å². The van der Waals surface area contributed by atoms with Crippen LogP contribution in [0.15, 0.2) is 18.2 Å². The molecule has 3 heteroatoms. The Morgan fingerprint density at radius 3 is 2.75 bits per heavy atom. The van der Waals surface area contributed by atoms with Crippen LogP contribution in [0.1, 0.15) is 47.7 Å². The number of unbranched alkanes of at least 4 members (excludes halogenated alkanes) is 2. The van der Waals surface area contributed by atoms with Crippen molar-refractivity contribution in [1.29, 1.82) is 0 Å². The van der Waals surface area contributed by atoms with Gasteiger partial charge in [0, 0.05) is 24.7 Å². The zero-order valence-electron chi connectivity index (χ0n) is 12.6. The van der Waals surface area contributed by atoms with Gasteiger partial charge in [0.1, 0.15) is 6.61 Å². The van der Waals surface area contributed by atoms with Crippen molar-refractivity contribution < 1.29 is 9.90 Å². The van der Waals surface area contributed by atoms with E-state index in [-0.39, 0.29) is 12.5 Å². The SMILES string of the molecule is CCCCCN(C)C(=O)c1cccc(C#CCO)c1C. The van der Waals surface area contributed by atoms with Gasteiger partial charge in [-0.3, -0.25) is 4.79 Å². The quantitative estimate of drug-likeness (QED) is 0.662. The van der Waals surface area contributed by atoms with Crippen LogP contribution in [0.25, 0.3) is 0 Å². The minimum Gasteiger partial charge on any atom is -0.384 e. The van der Waals surface area contributed by atoms with E-state index in [4.69, 9.17) is 5.11 Å². The third-order valence-electron chi connectivity index (χ3n) is 3.31. The molecular formula is C17H23NO2. The van der Waals surface area contributed by atoms with E-state index in [2.05, 4.69) is 18.8 Å². The zero-order valence-corrected chi connectivity index (χ0v) is 12.6. The first-order valence-electron chi connectivity index (χ1n) is 7.06. The van der Waals surface area contributed by atoms with Gasteiger partial charge >= 0.3 is 0 Å². The number of nitrogens with zero attached hydrogens (tertiary/aromatic N) is 1. The van der Waals surface area contributed by atoms with E-state index in [1.807, 2.05) is 32.2 Å². The second-order valence-electron chi connectivity index (χ2n) is 4.87. The summed E-state index contributed by atoms with van der Waals surface area (Å²) >= 11 is 0. The van der Waals surface area contributed by atoms with Gasteiger partial charge in [-0.05, 0) is 31.0 Å². The van der Waals surface area contributed by atoms with Gasteiger partial charge < -0.3 is 10.0 Å². The number of carbonyl (C=O) groups excluding carboxylic acids is 1. The monoisotopic (exact) mass is 273 g/mol. The Bertz CT molecular complexity index is 511. The van der Waals surface area contributed by atoms with Gasteiger partial charge in [-0.15, -0.1) is 0 Å². The Balaban J connectivity index is 2.87. The van der Waals surface area contributed by atoms with Crippen LogP contribution in [0.3, 0.4) is 0 Å². The molecule has 1 aromatic carbocycles. The lowest BCUT2D eigenvalue weighted by Gasteiger charge is -2.18. The van der Waals surface area contributed by atoms with E-state index in [9.17, 15) is 4.79 Å². The first-order valence-corrected chi connectivity index (χ1v) is 7.06. The van der Waals surface area contributed by atoms with Gasteiger partial charge in [0.05, 0.1) is 0 Å². The molecule has 0 aliphatic carbocycles. The molecule has 1 N–H and O–H groups in total. The summed E-state index contributed by atoms with van der Waals surface area (Å²) in [4.78, 5) is 14.2. The van der Waals surface area contributed by atoms with Gasteiger partial charge in [-0.2, -0.15) is 0 Å². The zero-order chi connectivity index (χ0) is 15.0. The molecule has 0 atom stereocenters. The summed E-state index contributed by atoms with van der Waals surface area (Å²) in [5.41, 5.74) is 2.36. The maximum atomic E-state index is 12.4. The summed E-state index contributed by atoms with van der Waals surface area (Å²) in [5, 5.41) is 8.76. The van der Waals surface area contributed by atoms with Crippen LogP contribution in [0.4, 0.5) is 0 Å². The first kappa shape index (κ1) is 16.3. The molecule has 1 rings (SSSR count). The van der Waals surface area contributed by atoms with Crippen LogP contribution in [0, 0.1) is 18.8 Å². The minimum absolute atomic E-state index is 0.0336. The maximum absolute atomic E-state index is 12.4. The number of hydrogen-bond acceptors (Lipinski definition) is 2. The fourth-order valence-electron chi connectivity index (χ4n) is 2.04. The summed E-state index contributed by atoms with van der Waals surface area (Å²) in [6.45, 7) is 4.65. The summed E-state index contributed by atoms with van der Waals surface area (Å²) < 4.78 is 0. The van der Waals surface area contributed by atoms with Crippen LogP contribution < -0.4 is 0 Å². The van der Waals surface area contributed by atoms with E-state index in [0.29, 0.717) is 5.56 Å². The van der Waals surface area contributed by atoms with Crippen LogP contribution in [-0.4, -0.2) is 36.1 Å². The largest absolute Gasteiger partial charge is 0.384 e. The highest BCUT2D eigenvalue weighted by Gasteiger charge is 2.14. The Morgan fingerprint density at radius 2 is 2.10 bits per heavy atom. The van der Waals surface area contributed by atoms with Crippen LogP contribution >= 0.6 is 0 Å². The highest BCUT2D eigenvalue weighted by Crippen LogP contribution is 2.15. The van der Waals surface area contributed by atoms with Crippen LogP contribution in [0.5, 0.6) is 0 Å². The summed E-state index contributed by atoms with van der Waals surface area (Å²) in [7, 11) is 1.84. The molecule has 0 saturated carbocycles. The van der Waals surface area contributed by atoms with Crippen molar-refractivity contribution in [2.24, 2.45) is 0 Å². The molecule has 0 radical (unpaired) electrons. The lowest BCUT2D eigenvalue weighted by Crippen LogP contribution is -2.28. The standard InChI is InChI=1S/C17H23NO2/c1-4-5-6-12-18(3)17(20)16-11-7-9-15(14(16)2)10-8-13-19/h7,9,11,19H,4-6,12-13H2,1-3H3. The van der Waals surface area contributed by atoms with E-state index in [0.717, 1.165) is 36.9 Å². The van der Waals surface area contributed by atoms with Crippen LogP contribution in [-0.2, 0) is 0 Å². The molecule has 0 saturated heterocycles. The number of amides is 1. The van der Waals surface area contributed by atoms with E-state index < -0.39 is 0 Å². The molecule has 0 aliphatic rings. The van der Waals surface area contributed by atoms with Crippen molar-refractivity contribution in [2.75, 3.05) is 20.2 Å². The fourth-order valence-corrected chi connectivity index (χ4v) is 2.04. The van der Waals surface area contributed by atoms with Crippen molar-refractivity contribution in [3.05, 3.63) is 34.9 Å². The summed E-state index contributed by atoms with van der Waals surface area (Å²) in [6, 6.07) is 5.53. The molecule has 0 spiro atoms. The summed E-state index contributed by atoms with van der Waals surface area (Å²) in [5.74, 6) is 5.54. The molecule has 20 heavy (non-hydrogen) atoms. The Hall–Kier alpha value is -1.79. The third-order valence-corrected chi connectivity index (χ3v) is 3.31. The molecule has 1 aromatic rings. The van der Waals surface area contributed by atoms with Crippen molar-refractivity contribution in [3.8, 4) is 11.8 Å². The lowest BCUT2D eigenvalue weighted by molar-refractivity contribution is 0.0792. The lowest BCUT2D eigenvalue weighted by atomic mass is 10.0. The highest BCUT2D eigenvalue weighted by molar-refractivity contribution is 5.96. The minimum atomic E-state index is -0.172. The van der Waals surface area contributed by atoms with Gasteiger partial charge in [0.25, 0.3) is 5.91 Å². The Kier molecular flexibility index (Phi) is 6.83. The predicted octanol–water partition coefficient (Wildman–Crippen LogP) is 2.60. The number of aliphatic hydroxyl groups is 1. The average Bonchev–Trinajstić information content (AvgIpc) is 2.45. The van der Waals surface area contributed by atoms with Crippen molar-refractivity contribution in [3.63, 3.8) is 0 Å². The Labute approximate surface area is 121 Å². The highest BCUT2D eigenvalue weighted by atomic mass is 16.2. The molecule has 0 unspecified atom stereocenters. The first-order chi connectivity index (χ1) is 9.61. The molecule has 0 fully saturated rings. The molecule has 0 heterocycles. The second-order valence-corrected chi connectivity index (χ2v) is 4.87. The normalized spacial score (nSPS) is 9.80. The van der Waals surface area contributed by atoms with E-state index in [1.165, 1.54) is 0 Å². The van der Waals surface area contributed by atoms with E-state index in [1.54, 1.807) is 4.90 Å². The Morgan fingerprint density at radius 1 is 1.35 bits per heavy atom. The number of hydrogen-bond donors (Lipinski definition) is 1. The predicted molar refractivity (Wildman–Crippen MR) is 81.6 cm³/mol. The number of benzene rings is 1. The maximum Gasteiger partial charge on any atom is 0.253 e. The van der Waals surface area contributed by atoms with E-state index >= 15 is 0 Å². The number of rotatable bonds is 5. The molecule has 0 aromatic heterocycles. The fraction of sp³-hybridized carbons (Fsp3) is 0.471. The molecule has 3 nitrogen and oxygen atoms in total. The van der Waals surface area contributed by atoms with Gasteiger partial charge in [0.2, 0.25) is 0 Å². The number of carbonyl (C=O) groups is 1. The molecular weight excluding hydrogens is 250 g/mol. The average molecular weight is 273 g/mol. The molecule has 108 valence electrons. The van der Waals surface area contributed by atoms with Gasteiger partial charge in [-0.25, -0.2) is 0 Å².